The maximum absolute atomic E-state index is 11.3. The molecule has 0 saturated carbocycles. The van der Waals surface area contributed by atoms with Gasteiger partial charge in [-0.15, -0.1) is 0 Å². The summed E-state index contributed by atoms with van der Waals surface area (Å²) < 4.78 is 5.30. The van der Waals surface area contributed by atoms with Gasteiger partial charge in [0.05, 0.1) is 18.7 Å². The van der Waals surface area contributed by atoms with Crippen LogP contribution in [0.3, 0.4) is 0 Å². The third kappa shape index (κ3) is 5.78. The van der Waals surface area contributed by atoms with E-state index in [2.05, 4.69) is 16.0 Å². The molecule has 2 saturated heterocycles. The monoisotopic (exact) mass is 329 g/mol. The van der Waals surface area contributed by atoms with E-state index in [0.29, 0.717) is 30.4 Å². The summed E-state index contributed by atoms with van der Waals surface area (Å²) in [7, 11) is 0. The standard InChI is InChI=1S/C15H27N3O3S/c19-8-4-10-21-9-3-7-16-6-2-1-5-13-14-12(11-22-13)17-15(20)18-14/h8,12-14,16H,1-7,9-11H2,(H2,17,18,20). The van der Waals surface area contributed by atoms with Gasteiger partial charge in [-0.1, -0.05) is 6.42 Å². The molecule has 2 amide bonds. The largest absolute Gasteiger partial charge is 0.381 e. The Balaban J connectivity index is 1.39. The van der Waals surface area contributed by atoms with Gasteiger partial charge < -0.3 is 25.5 Å². The number of carbonyl (C=O) groups is 2. The number of unbranched alkanes of at least 4 members (excludes halogenated alkanes) is 1. The van der Waals surface area contributed by atoms with Crippen molar-refractivity contribution in [2.75, 3.05) is 32.1 Å². The molecule has 126 valence electrons. The van der Waals surface area contributed by atoms with Crippen LogP contribution in [0.25, 0.3) is 0 Å². The Labute approximate surface area is 136 Å². The molecule has 0 bridgehead atoms. The van der Waals surface area contributed by atoms with Crippen LogP contribution in [0.15, 0.2) is 0 Å². The van der Waals surface area contributed by atoms with Gasteiger partial charge in [0.15, 0.2) is 0 Å². The SMILES string of the molecule is O=CCCOCCCNCCCCC1SCC2NC(=O)NC21. The van der Waals surface area contributed by atoms with Crippen molar-refractivity contribution >= 4 is 24.1 Å². The molecular weight excluding hydrogens is 302 g/mol. The molecule has 0 aromatic carbocycles. The normalized spacial score (nSPS) is 26.5. The van der Waals surface area contributed by atoms with Gasteiger partial charge in [0, 0.05) is 24.0 Å². The molecule has 0 aromatic rings. The predicted molar refractivity (Wildman–Crippen MR) is 88.3 cm³/mol. The number of amides is 2. The molecule has 3 unspecified atom stereocenters. The molecule has 0 aliphatic carbocycles. The molecule has 3 atom stereocenters. The second-order valence-electron chi connectivity index (χ2n) is 5.79. The van der Waals surface area contributed by atoms with Gasteiger partial charge >= 0.3 is 6.03 Å². The number of aldehydes is 1. The Kier molecular flexibility index (Phi) is 8.04. The molecule has 7 heteroatoms. The number of hydrogen-bond donors (Lipinski definition) is 3. The average molecular weight is 329 g/mol. The van der Waals surface area contributed by atoms with Gasteiger partial charge in [-0.2, -0.15) is 11.8 Å². The van der Waals surface area contributed by atoms with Gasteiger partial charge in [-0.05, 0) is 32.4 Å². The third-order valence-electron chi connectivity index (χ3n) is 4.05. The first-order valence-electron chi connectivity index (χ1n) is 8.22. The summed E-state index contributed by atoms with van der Waals surface area (Å²) in [4.78, 5) is 21.4. The highest BCUT2D eigenvalue weighted by Crippen LogP contribution is 2.32. The fraction of sp³-hybridized carbons (Fsp3) is 0.867. The van der Waals surface area contributed by atoms with Crippen molar-refractivity contribution in [3.05, 3.63) is 0 Å². The van der Waals surface area contributed by atoms with E-state index < -0.39 is 0 Å². The van der Waals surface area contributed by atoms with Crippen molar-refractivity contribution in [1.82, 2.24) is 16.0 Å². The number of nitrogens with one attached hydrogen (secondary N) is 3. The summed E-state index contributed by atoms with van der Waals surface area (Å²) in [5.41, 5.74) is 0. The smallest absolute Gasteiger partial charge is 0.315 e. The average Bonchev–Trinajstić information content (AvgIpc) is 3.04. The highest BCUT2D eigenvalue weighted by Gasteiger charge is 2.42. The number of hydrogen-bond acceptors (Lipinski definition) is 5. The van der Waals surface area contributed by atoms with Crippen LogP contribution in [0.2, 0.25) is 0 Å². The summed E-state index contributed by atoms with van der Waals surface area (Å²) in [6.45, 7) is 3.25. The van der Waals surface area contributed by atoms with Crippen LogP contribution in [0.5, 0.6) is 0 Å². The summed E-state index contributed by atoms with van der Waals surface area (Å²) in [6, 6.07) is 0.658. The number of thioether (sulfide) groups is 1. The van der Waals surface area contributed by atoms with Crippen LogP contribution < -0.4 is 16.0 Å². The Morgan fingerprint density at radius 3 is 2.95 bits per heavy atom. The molecule has 2 fully saturated rings. The van der Waals surface area contributed by atoms with Gasteiger partial charge in [0.1, 0.15) is 6.29 Å². The zero-order valence-corrected chi connectivity index (χ0v) is 13.8. The van der Waals surface area contributed by atoms with E-state index in [1.165, 1.54) is 19.3 Å². The van der Waals surface area contributed by atoms with E-state index in [0.717, 1.165) is 38.2 Å². The van der Waals surface area contributed by atoms with Gasteiger partial charge in [-0.25, -0.2) is 4.79 Å². The Morgan fingerprint density at radius 1 is 1.23 bits per heavy atom. The lowest BCUT2D eigenvalue weighted by atomic mass is 10.0. The van der Waals surface area contributed by atoms with Crippen LogP contribution >= 0.6 is 11.8 Å². The number of carbonyl (C=O) groups excluding carboxylic acids is 2. The minimum Gasteiger partial charge on any atom is -0.381 e. The molecule has 0 spiro atoms. The van der Waals surface area contributed by atoms with E-state index in [1.54, 1.807) is 0 Å². The topological polar surface area (TPSA) is 79.5 Å². The summed E-state index contributed by atoms with van der Waals surface area (Å²) in [6.07, 6.45) is 5.89. The fourth-order valence-corrected chi connectivity index (χ4v) is 4.44. The molecule has 3 N–H and O–H groups in total. The lowest BCUT2D eigenvalue weighted by Crippen LogP contribution is -2.36. The summed E-state index contributed by atoms with van der Waals surface area (Å²) >= 11 is 1.98. The maximum atomic E-state index is 11.3. The first-order chi connectivity index (χ1) is 10.8. The van der Waals surface area contributed by atoms with Gasteiger partial charge in [-0.3, -0.25) is 0 Å². The summed E-state index contributed by atoms with van der Waals surface area (Å²) in [5.74, 6) is 1.04. The van der Waals surface area contributed by atoms with E-state index in [4.69, 9.17) is 4.74 Å². The number of ether oxygens (including phenoxy) is 1. The lowest BCUT2D eigenvalue weighted by Gasteiger charge is -2.16. The zero-order chi connectivity index (χ0) is 15.6. The van der Waals surface area contributed by atoms with Crippen LogP contribution in [-0.4, -0.2) is 61.7 Å². The van der Waals surface area contributed by atoms with Crippen molar-refractivity contribution in [1.29, 1.82) is 0 Å². The first kappa shape index (κ1) is 17.6. The van der Waals surface area contributed by atoms with E-state index in [1.807, 2.05) is 11.8 Å². The van der Waals surface area contributed by atoms with Crippen LogP contribution in [-0.2, 0) is 9.53 Å². The number of rotatable bonds is 12. The first-order valence-corrected chi connectivity index (χ1v) is 9.27. The molecular formula is C15H27N3O3S. The van der Waals surface area contributed by atoms with Gasteiger partial charge in [0.2, 0.25) is 0 Å². The highest BCUT2D eigenvalue weighted by atomic mass is 32.2. The van der Waals surface area contributed by atoms with Gasteiger partial charge in [0.25, 0.3) is 0 Å². The molecule has 2 aliphatic heterocycles. The summed E-state index contributed by atoms with van der Waals surface area (Å²) in [5, 5.41) is 9.99. The Bertz CT molecular complexity index is 357. The van der Waals surface area contributed by atoms with Crippen molar-refractivity contribution in [3.8, 4) is 0 Å². The second-order valence-corrected chi connectivity index (χ2v) is 7.06. The van der Waals surface area contributed by atoms with E-state index in [9.17, 15) is 9.59 Å². The molecule has 2 heterocycles. The third-order valence-corrected chi connectivity index (χ3v) is 5.56. The quantitative estimate of drug-likeness (QED) is 0.282. The minimum atomic E-state index is -0.00247. The molecule has 0 radical (unpaired) electrons. The molecule has 6 nitrogen and oxygen atoms in total. The van der Waals surface area contributed by atoms with Crippen LogP contribution in [0, 0.1) is 0 Å². The van der Waals surface area contributed by atoms with Crippen molar-refractivity contribution < 1.29 is 14.3 Å². The number of urea groups is 1. The minimum absolute atomic E-state index is 0.00247. The molecule has 22 heavy (non-hydrogen) atoms. The molecule has 2 rings (SSSR count). The zero-order valence-electron chi connectivity index (χ0n) is 13.0. The molecule has 2 aliphatic rings. The Hall–Kier alpha value is -0.790. The van der Waals surface area contributed by atoms with Crippen LogP contribution in [0.1, 0.15) is 32.1 Å². The Morgan fingerprint density at radius 2 is 2.09 bits per heavy atom. The second kappa shape index (κ2) is 10.1. The fourth-order valence-electron chi connectivity index (χ4n) is 2.90. The van der Waals surface area contributed by atoms with Crippen molar-refractivity contribution in [2.24, 2.45) is 0 Å². The van der Waals surface area contributed by atoms with Crippen molar-refractivity contribution in [3.63, 3.8) is 0 Å². The maximum Gasteiger partial charge on any atom is 0.315 e. The van der Waals surface area contributed by atoms with E-state index >= 15 is 0 Å². The van der Waals surface area contributed by atoms with Crippen molar-refractivity contribution in [2.45, 2.75) is 49.4 Å². The lowest BCUT2D eigenvalue weighted by molar-refractivity contribution is -0.108. The predicted octanol–water partition coefficient (Wildman–Crippen LogP) is 0.907. The number of fused-ring (bicyclic) bond motifs is 1. The molecule has 0 aromatic heterocycles. The van der Waals surface area contributed by atoms with E-state index in [-0.39, 0.29) is 6.03 Å². The van der Waals surface area contributed by atoms with Crippen LogP contribution in [0.4, 0.5) is 4.79 Å². The highest BCUT2D eigenvalue weighted by molar-refractivity contribution is 8.00.